The lowest BCUT2D eigenvalue weighted by atomic mass is 9.87. The van der Waals surface area contributed by atoms with Gasteiger partial charge in [-0.3, -0.25) is 0 Å². The summed E-state index contributed by atoms with van der Waals surface area (Å²) in [6, 6.07) is 0.568. The molecule has 1 fully saturated rings. The molecule has 1 heterocycles. The van der Waals surface area contributed by atoms with Gasteiger partial charge in [-0.05, 0) is 31.6 Å². The van der Waals surface area contributed by atoms with E-state index in [1.165, 1.54) is 31.2 Å². The van der Waals surface area contributed by atoms with Crippen molar-refractivity contribution >= 4 is 11.6 Å². The quantitative estimate of drug-likeness (QED) is 0.828. The molecule has 0 aliphatic heterocycles. The van der Waals surface area contributed by atoms with Gasteiger partial charge in [0.15, 0.2) is 0 Å². The van der Waals surface area contributed by atoms with Crippen LogP contribution in [0.25, 0.3) is 0 Å². The molecule has 1 aliphatic carbocycles. The number of anilines is 2. The Hall–Kier alpha value is -1.32. The maximum atomic E-state index is 4.48. The second-order valence-corrected chi connectivity index (χ2v) is 5.94. The number of rotatable bonds is 6. The van der Waals surface area contributed by atoms with Crippen molar-refractivity contribution in [1.29, 1.82) is 0 Å². The Balaban J connectivity index is 2.09. The summed E-state index contributed by atoms with van der Waals surface area (Å²) in [5.74, 6) is 2.85. The van der Waals surface area contributed by atoms with E-state index in [-0.39, 0.29) is 0 Å². The topological polar surface area (TPSA) is 49.8 Å². The van der Waals surface area contributed by atoms with Crippen molar-refractivity contribution in [3.05, 3.63) is 11.9 Å². The summed E-state index contributed by atoms with van der Waals surface area (Å²) in [4.78, 5) is 8.87. The number of nitrogens with zero attached hydrogens (tertiary/aromatic N) is 2. The van der Waals surface area contributed by atoms with E-state index >= 15 is 0 Å². The minimum absolute atomic E-state index is 0.568. The fourth-order valence-electron chi connectivity index (χ4n) is 3.03. The van der Waals surface area contributed by atoms with Crippen LogP contribution >= 0.6 is 0 Å². The second-order valence-electron chi connectivity index (χ2n) is 5.94. The average Bonchev–Trinajstić information content (AvgIpc) is 2.45. The predicted molar refractivity (Wildman–Crippen MR) is 85.2 cm³/mol. The first-order valence-electron chi connectivity index (χ1n) is 8.08. The molecule has 4 nitrogen and oxygen atoms in total. The van der Waals surface area contributed by atoms with Crippen LogP contribution in [-0.4, -0.2) is 22.6 Å². The molecule has 0 saturated heterocycles. The van der Waals surface area contributed by atoms with Crippen LogP contribution in [0.4, 0.5) is 11.6 Å². The third-order valence-corrected chi connectivity index (χ3v) is 4.12. The standard InChI is InChI=1S/C16H28N4/c1-4-9-17-15-14(5-2)16(19-11-18-15)20-13-8-6-7-12(3)10-13/h11-13H,4-10H2,1-3H3,(H2,17,18,19,20). The van der Waals surface area contributed by atoms with Gasteiger partial charge < -0.3 is 10.6 Å². The summed E-state index contributed by atoms with van der Waals surface area (Å²) < 4.78 is 0. The molecule has 0 aromatic carbocycles. The second kappa shape index (κ2) is 7.46. The monoisotopic (exact) mass is 276 g/mol. The third-order valence-electron chi connectivity index (χ3n) is 4.12. The van der Waals surface area contributed by atoms with Crippen LogP contribution in [0.2, 0.25) is 0 Å². The van der Waals surface area contributed by atoms with Gasteiger partial charge in [0.25, 0.3) is 0 Å². The summed E-state index contributed by atoms with van der Waals surface area (Å²) >= 11 is 0. The third kappa shape index (κ3) is 3.84. The van der Waals surface area contributed by atoms with E-state index in [1.807, 2.05) is 0 Å². The maximum absolute atomic E-state index is 4.48. The van der Waals surface area contributed by atoms with Gasteiger partial charge in [-0.25, -0.2) is 9.97 Å². The molecule has 1 saturated carbocycles. The summed E-state index contributed by atoms with van der Waals surface area (Å²) in [7, 11) is 0. The van der Waals surface area contributed by atoms with Gasteiger partial charge in [-0.1, -0.05) is 33.6 Å². The molecule has 0 radical (unpaired) electrons. The van der Waals surface area contributed by atoms with Crippen LogP contribution in [0.5, 0.6) is 0 Å². The van der Waals surface area contributed by atoms with Crippen molar-refractivity contribution in [2.45, 2.75) is 65.3 Å². The van der Waals surface area contributed by atoms with E-state index in [4.69, 9.17) is 0 Å². The molecule has 1 aromatic rings. The smallest absolute Gasteiger partial charge is 0.134 e. The average molecular weight is 276 g/mol. The van der Waals surface area contributed by atoms with Crippen LogP contribution in [0.3, 0.4) is 0 Å². The molecule has 4 heteroatoms. The first-order chi connectivity index (χ1) is 9.74. The summed E-state index contributed by atoms with van der Waals surface area (Å²) in [6.07, 6.45) is 8.94. The zero-order valence-electron chi connectivity index (χ0n) is 13.1. The Bertz CT molecular complexity index is 419. The molecular weight excluding hydrogens is 248 g/mol. The molecule has 2 rings (SSSR count). The van der Waals surface area contributed by atoms with Gasteiger partial charge in [-0.15, -0.1) is 0 Å². The van der Waals surface area contributed by atoms with E-state index in [1.54, 1.807) is 6.33 Å². The van der Waals surface area contributed by atoms with Crippen LogP contribution in [0.1, 0.15) is 58.4 Å². The van der Waals surface area contributed by atoms with E-state index in [0.29, 0.717) is 6.04 Å². The van der Waals surface area contributed by atoms with Gasteiger partial charge in [0.2, 0.25) is 0 Å². The Kier molecular flexibility index (Phi) is 5.62. The molecule has 2 N–H and O–H groups in total. The molecule has 2 atom stereocenters. The van der Waals surface area contributed by atoms with Crippen molar-refractivity contribution in [2.24, 2.45) is 5.92 Å². The van der Waals surface area contributed by atoms with Gasteiger partial charge in [0, 0.05) is 18.2 Å². The van der Waals surface area contributed by atoms with E-state index in [9.17, 15) is 0 Å². The zero-order chi connectivity index (χ0) is 14.4. The lowest BCUT2D eigenvalue weighted by molar-refractivity contribution is 0.358. The molecule has 0 spiro atoms. The highest BCUT2D eigenvalue weighted by Crippen LogP contribution is 2.28. The van der Waals surface area contributed by atoms with Crippen LogP contribution in [0.15, 0.2) is 6.33 Å². The molecule has 112 valence electrons. The van der Waals surface area contributed by atoms with Crippen molar-refractivity contribution in [1.82, 2.24) is 9.97 Å². The van der Waals surface area contributed by atoms with Crippen LogP contribution in [0, 0.1) is 5.92 Å². The highest BCUT2D eigenvalue weighted by Gasteiger charge is 2.20. The maximum Gasteiger partial charge on any atom is 0.134 e. The molecule has 0 bridgehead atoms. The lowest BCUT2D eigenvalue weighted by Gasteiger charge is -2.28. The van der Waals surface area contributed by atoms with Gasteiger partial charge >= 0.3 is 0 Å². The number of hydrogen-bond acceptors (Lipinski definition) is 4. The predicted octanol–water partition coefficient (Wildman–Crippen LogP) is 3.85. The minimum Gasteiger partial charge on any atom is -0.370 e. The Morgan fingerprint density at radius 1 is 1.20 bits per heavy atom. The van der Waals surface area contributed by atoms with E-state index in [0.717, 1.165) is 36.9 Å². The van der Waals surface area contributed by atoms with Gasteiger partial charge in [0.1, 0.15) is 18.0 Å². The first kappa shape index (κ1) is 15.1. The lowest BCUT2D eigenvalue weighted by Crippen LogP contribution is -2.27. The Morgan fingerprint density at radius 2 is 2.00 bits per heavy atom. The Labute approximate surface area is 122 Å². The fourth-order valence-corrected chi connectivity index (χ4v) is 3.03. The largest absolute Gasteiger partial charge is 0.370 e. The van der Waals surface area contributed by atoms with E-state index < -0.39 is 0 Å². The van der Waals surface area contributed by atoms with Gasteiger partial charge in [-0.2, -0.15) is 0 Å². The van der Waals surface area contributed by atoms with Crippen LogP contribution in [-0.2, 0) is 6.42 Å². The van der Waals surface area contributed by atoms with Crippen molar-refractivity contribution in [3.63, 3.8) is 0 Å². The van der Waals surface area contributed by atoms with Crippen molar-refractivity contribution < 1.29 is 0 Å². The fraction of sp³-hybridized carbons (Fsp3) is 0.750. The van der Waals surface area contributed by atoms with E-state index in [2.05, 4.69) is 41.4 Å². The van der Waals surface area contributed by atoms with Crippen molar-refractivity contribution in [2.75, 3.05) is 17.2 Å². The SMILES string of the molecule is CCCNc1ncnc(NC2CCCC(C)C2)c1CC. The first-order valence-corrected chi connectivity index (χ1v) is 8.08. The molecular formula is C16H28N4. The molecule has 2 unspecified atom stereocenters. The Morgan fingerprint density at radius 3 is 2.70 bits per heavy atom. The minimum atomic E-state index is 0.568. The molecule has 20 heavy (non-hydrogen) atoms. The van der Waals surface area contributed by atoms with Crippen molar-refractivity contribution in [3.8, 4) is 0 Å². The highest BCUT2D eigenvalue weighted by atomic mass is 15.1. The molecule has 1 aromatic heterocycles. The van der Waals surface area contributed by atoms with Crippen LogP contribution < -0.4 is 10.6 Å². The number of hydrogen-bond donors (Lipinski definition) is 2. The zero-order valence-corrected chi connectivity index (χ0v) is 13.1. The summed E-state index contributed by atoms with van der Waals surface area (Å²) in [5, 5.41) is 7.07. The number of aromatic nitrogens is 2. The summed E-state index contributed by atoms with van der Waals surface area (Å²) in [5.41, 5.74) is 1.22. The summed E-state index contributed by atoms with van der Waals surface area (Å²) in [6.45, 7) is 7.65. The highest BCUT2D eigenvalue weighted by molar-refractivity contribution is 5.57. The normalized spacial score (nSPS) is 22.6. The molecule has 0 amide bonds. The molecule has 1 aliphatic rings. The van der Waals surface area contributed by atoms with Gasteiger partial charge in [0.05, 0.1) is 0 Å². The number of nitrogens with one attached hydrogen (secondary N) is 2.